The molecule has 1 amide bonds. The van der Waals surface area contributed by atoms with Gasteiger partial charge in [0.25, 0.3) is 0 Å². The van der Waals surface area contributed by atoms with Crippen LogP contribution in [0.4, 0.5) is 5.69 Å². The van der Waals surface area contributed by atoms with Crippen LogP contribution in [-0.2, 0) is 9.53 Å². The number of nitrogens with zero attached hydrogens (tertiary/aromatic N) is 1. The molecular formula is C15H21ClN2O3. The Hall–Kier alpha value is -1.14. The highest BCUT2D eigenvalue weighted by molar-refractivity contribution is 6.30. The molecule has 0 aliphatic carbocycles. The molecule has 21 heavy (non-hydrogen) atoms. The summed E-state index contributed by atoms with van der Waals surface area (Å²) < 4.78 is 5.50. The fourth-order valence-corrected chi connectivity index (χ4v) is 2.52. The summed E-state index contributed by atoms with van der Waals surface area (Å²) in [6, 6.07) is 7.08. The lowest BCUT2D eigenvalue weighted by atomic mass is 10.1. The van der Waals surface area contributed by atoms with Crippen LogP contribution in [0.25, 0.3) is 0 Å². The molecule has 116 valence electrons. The summed E-state index contributed by atoms with van der Waals surface area (Å²) in [6.07, 6.45) is 2.00. The number of hydrogen-bond acceptors (Lipinski definition) is 4. The monoisotopic (exact) mass is 312 g/mol. The van der Waals surface area contributed by atoms with Crippen LogP contribution >= 0.6 is 11.6 Å². The van der Waals surface area contributed by atoms with Crippen LogP contribution in [0.3, 0.4) is 0 Å². The summed E-state index contributed by atoms with van der Waals surface area (Å²) in [4.78, 5) is 14.1. The molecule has 1 aliphatic heterocycles. The zero-order chi connectivity index (χ0) is 15.1. The topological polar surface area (TPSA) is 61.8 Å². The molecule has 0 saturated carbocycles. The predicted molar refractivity (Wildman–Crippen MR) is 82.6 cm³/mol. The summed E-state index contributed by atoms with van der Waals surface area (Å²) in [5, 5.41) is 12.2. The van der Waals surface area contributed by atoms with Crippen LogP contribution < -0.4 is 5.32 Å². The Balaban J connectivity index is 1.70. The van der Waals surface area contributed by atoms with Gasteiger partial charge in [0, 0.05) is 23.8 Å². The number of rotatable bonds is 6. The zero-order valence-electron chi connectivity index (χ0n) is 11.9. The van der Waals surface area contributed by atoms with Gasteiger partial charge in [-0.3, -0.25) is 9.69 Å². The molecule has 2 rings (SSSR count). The Morgan fingerprint density at radius 1 is 1.33 bits per heavy atom. The number of likely N-dealkylation sites (tertiary alicyclic amines) is 1. The molecule has 1 fully saturated rings. The van der Waals surface area contributed by atoms with Crippen LogP contribution in [0.2, 0.25) is 5.02 Å². The van der Waals surface area contributed by atoms with Gasteiger partial charge < -0.3 is 15.2 Å². The van der Waals surface area contributed by atoms with Crippen molar-refractivity contribution in [3.05, 3.63) is 29.3 Å². The average Bonchev–Trinajstić information content (AvgIpc) is 2.49. The van der Waals surface area contributed by atoms with Crippen molar-refractivity contribution in [2.45, 2.75) is 18.9 Å². The molecule has 1 aromatic rings. The molecule has 5 nitrogen and oxygen atoms in total. The van der Waals surface area contributed by atoms with Gasteiger partial charge >= 0.3 is 0 Å². The second kappa shape index (κ2) is 8.34. The number of anilines is 1. The number of piperidine rings is 1. The third-order valence-electron chi connectivity index (χ3n) is 3.47. The summed E-state index contributed by atoms with van der Waals surface area (Å²) in [5.74, 6) is -0.0213. The minimum Gasteiger partial charge on any atom is -0.394 e. The fraction of sp³-hybridized carbons (Fsp3) is 0.533. The molecule has 1 aromatic carbocycles. The number of carbonyl (C=O) groups excluding carboxylic acids is 1. The minimum atomic E-state index is -0.0213. The number of aliphatic hydroxyl groups is 1. The quantitative estimate of drug-likeness (QED) is 0.840. The maximum Gasteiger partial charge on any atom is 0.238 e. The second-order valence-corrected chi connectivity index (χ2v) is 5.56. The van der Waals surface area contributed by atoms with Crippen molar-refractivity contribution < 1.29 is 14.6 Å². The van der Waals surface area contributed by atoms with Gasteiger partial charge in [-0.1, -0.05) is 11.6 Å². The van der Waals surface area contributed by atoms with Crippen LogP contribution in [-0.4, -0.2) is 54.9 Å². The zero-order valence-corrected chi connectivity index (χ0v) is 12.7. The van der Waals surface area contributed by atoms with Crippen molar-refractivity contribution in [2.24, 2.45) is 0 Å². The summed E-state index contributed by atoms with van der Waals surface area (Å²) in [7, 11) is 0. The van der Waals surface area contributed by atoms with Gasteiger partial charge in [-0.25, -0.2) is 0 Å². The number of ether oxygens (including phenoxy) is 1. The average molecular weight is 313 g/mol. The number of aliphatic hydroxyl groups excluding tert-OH is 1. The van der Waals surface area contributed by atoms with E-state index < -0.39 is 0 Å². The van der Waals surface area contributed by atoms with Gasteiger partial charge in [0.1, 0.15) is 0 Å². The Bertz CT molecular complexity index is 445. The Kier molecular flexibility index (Phi) is 6.45. The SMILES string of the molecule is O=C(CN1CCC(OCCO)CC1)Nc1ccc(Cl)cc1. The number of halogens is 1. The van der Waals surface area contributed by atoms with Crippen molar-refractivity contribution >= 4 is 23.2 Å². The van der Waals surface area contributed by atoms with E-state index in [-0.39, 0.29) is 18.6 Å². The standard InChI is InChI=1S/C15H21ClN2O3/c16-12-1-3-13(4-2-12)17-15(20)11-18-7-5-14(6-8-18)21-10-9-19/h1-4,14,19H,5-11H2,(H,17,20). The molecule has 0 spiro atoms. The number of nitrogens with one attached hydrogen (secondary N) is 1. The molecular weight excluding hydrogens is 292 g/mol. The largest absolute Gasteiger partial charge is 0.394 e. The van der Waals surface area contributed by atoms with Crippen molar-refractivity contribution in [3.63, 3.8) is 0 Å². The maximum absolute atomic E-state index is 12.0. The van der Waals surface area contributed by atoms with E-state index in [0.29, 0.717) is 18.2 Å². The predicted octanol–water partition coefficient (Wildman–Crippen LogP) is 1.75. The van der Waals surface area contributed by atoms with Gasteiger partial charge in [0.2, 0.25) is 5.91 Å². The van der Waals surface area contributed by atoms with Crippen LogP contribution in [0.15, 0.2) is 24.3 Å². The smallest absolute Gasteiger partial charge is 0.238 e. The van der Waals surface area contributed by atoms with E-state index in [9.17, 15) is 4.79 Å². The Morgan fingerprint density at radius 3 is 2.62 bits per heavy atom. The normalized spacial score (nSPS) is 16.9. The van der Waals surface area contributed by atoms with E-state index in [1.807, 2.05) is 0 Å². The van der Waals surface area contributed by atoms with Crippen molar-refractivity contribution in [1.82, 2.24) is 4.90 Å². The summed E-state index contributed by atoms with van der Waals surface area (Å²) in [6.45, 7) is 2.51. The molecule has 2 N–H and O–H groups in total. The lowest BCUT2D eigenvalue weighted by Gasteiger charge is -2.31. The third-order valence-corrected chi connectivity index (χ3v) is 3.73. The van der Waals surface area contributed by atoms with E-state index in [1.54, 1.807) is 24.3 Å². The number of hydrogen-bond donors (Lipinski definition) is 2. The lowest BCUT2D eigenvalue weighted by molar-refractivity contribution is -0.118. The van der Waals surface area contributed by atoms with Gasteiger partial charge in [-0.05, 0) is 37.1 Å². The molecule has 1 saturated heterocycles. The van der Waals surface area contributed by atoms with Crippen molar-refractivity contribution in [2.75, 3.05) is 38.2 Å². The van der Waals surface area contributed by atoms with E-state index >= 15 is 0 Å². The van der Waals surface area contributed by atoms with Gasteiger partial charge in [-0.15, -0.1) is 0 Å². The molecule has 0 unspecified atom stereocenters. The van der Waals surface area contributed by atoms with Crippen LogP contribution in [0.1, 0.15) is 12.8 Å². The second-order valence-electron chi connectivity index (χ2n) is 5.12. The molecule has 0 aromatic heterocycles. The van der Waals surface area contributed by atoms with Gasteiger partial charge in [-0.2, -0.15) is 0 Å². The first kappa shape index (κ1) is 16.2. The summed E-state index contributed by atoms with van der Waals surface area (Å²) in [5.41, 5.74) is 0.755. The molecule has 0 atom stereocenters. The van der Waals surface area contributed by atoms with E-state index in [2.05, 4.69) is 10.2 Å². The van der Waals surface area contributed by atoms with E-state index in [4.69, 9.17) is 21.4 Å². The maximum atomic E-state index is 12.0. The van der Waals surface area contributed by atoms with Gasteiger partial charge in [0.05, 0.1) is 25.9 Å². The minimum absolute atomic E-state index is 0.0213. The highest BCUT2D eigenvalue weighted by Crippen LogP contribution is 2.15. The van der Waals surface area contributed by atoms with E-state index in [0.717, 1.165) is 31.6 Å². The lowest BCUT2D eigenvalue weighted by Crippen LogP contribution is -2.41. The Morgan fingerprint density at radius 2 is 2.00 bits per heavy atom. The van der Waals surface area contributed by atoms with Crippen LogP contribution in [0.5, 0.6) is 0 Å². The first-order valence-corrected chi connectivity index (χ1v) is 7.55. The molecule has 1 aliphatic rings. The molecule has 6 heteroatoms. The fourth-order valence-electron chi connectivity index (χ4n) is 2.39. The first-order chi connectivity index (χ1) is 10.2. The third kappa shape index (κ3) is 5.63. The Labute approximate surface area is 129 Å². The molecule has 1 heterocycles. The molecule has 0 bridgehead atoms. The highest BCUT2D eigenvalue weighted by atomic mass is 35.5. The summed E-state index contributed by atoms with van der Waals surface area (Å²) >= 11 is 5.81. The highest BCUT2D eigenvalue weighted by Gasteiger charge is 2.21. The number of amides is 1. The first-order valence-electron chi connectivity index (χ1n) is 7.17. The van der Waals surface area contributed by atoms with Crippen molar-refractivity contribution in [3.8, 4) is 0 Å². The molecule has 0 radical (unpaired) electrons. The number of carbonyl (C=O) groups is 1. The van der Waals surface area contributed by atoms with E-state index in [1.165, 1.54) is 0 Å². The number of benzene rings is 1. The van der Waals surface area contributed by atoms with Crippen LogP contribution in [0, 0.1) is 0 Å². The van der Waals surface area contributed by atoms with Crippen molar-refractivity contribution in [1.29, 1.82) is 0 Å². The van der Waals surface area contributed by atoms with Gasteiger partial charge in [0.15, 0.2) is 0 Å².